The number of hydrogen-bond donors (Lipinski definition) is 1. The van der Waals surface area contributed by atoms with E-state index in [1.807, 2.05) is 30.5 Å². The van der Waals surface area contributed by atoms with Gasteiger partial charge in [-0.25, -0.2) is 0 Å². The topological polar surface area (TPSA) is 43.3 Å². The third kappa shape index (κ3) is 5.59. The van der Waals surface area contributed by atoms with Gasteiger partial charge in [0.25, 0.3) is 0 Å². The molecule has 0 unspecified atom stereocenters. The molecule has 8 heteroatoms. The quantitative estimate of drug-likeness (QED) is 0.358. The molecule has 0 amide bonds. The van der Waals surface area contributed by atoms with Crippen molar-refractivity contribution in [3.8, 4) is 5.75 Å². The standard InChI is InChI=1S/C22H31N5OS.HI/c1-23-22(24-9-11-25-10-7-21-18(17-25)8-16-29-21)27-14-12-26(13-15-27)19-3-5-20(28-2)6-4-19;/h3-6,8,16H,7,9-15,17H2,1-2H3,(H,23,24);1H. The molecule has 0 aliphatic carbocycles. The van der Waals surface area contributed by atoms with Crippen molar-refractivity contribution in [1.29, 1.82) is 0 Å². The zero-order valence-electron chi connectivity index (χ0n) is 17.8. The van der Waals surface area contributed by atoms with Crippen LogP contribution < -0.4 is 15.0 Å². The SMILES string of the molecule is CN=C(NCCN1CCc2sccc2C1)N1CCN(c2ccc(OC)cc2)CC1.I. The van der Waals surface area contributed by atoms with Crippen molar-refractivity contribution < 1.29 is 4.74 Å². The van der Waals surface area contributed by atoms with Crippen LogP contribution in [0.1, 0.15) is 10.4 Å². The van der Waals surface area contributed by atoms with Crippen LogP contribution in [0.3, 0.4) is 0 Å². The van der Waals surface area contributed by atoms with Crippen LogP contribution in [-0.4, -0.2) is 75.7 Å². The maximum atomic E-state index is 5.26. The Kier molecular flexibility index (Phi) is 8.64. The summed E-state index contributed by atoms with van der Waals surface area (Å²) < 4.78 is 5.26. The van der Waals surface area contributed by atoms with Gasteiger partial charge in [-0.1, -0.05) is 0 Å². The number of guanidine groups is 1. The zero-order chi connectivity index (χ0) is 20.1. The van der Waals surface area contributed by atoms with E-state index in [2.05, 4.69) is 48.6 Å². The summed E-state index contributed by atoms with van der Waals surface area (Å²) in [6, 6.07) is 10.6. The first kappa shape index (κ1) is 23.1. The molecule has 0 saturated carbocycles. The van der Waals surface area contributed by atoms with E-state index in [1.165, 1.54) is 17.7 Å². The lowest BCUT2D eigenvalue weighted by molar-refractivity contribution is 0.258. The van der Waals surface area contributed by atoms with Gasteiger partial charge in [-0.2, -0.15) is 0 Å². The lowest BCUT2D eigenvalue weighted by Gasteiger charge is -2.38. The lowest BCUT2D eigenvalue weighted by Crippen LogP contribution is -2.53. The third-order valence-corrected chi connectivity index (χ3v) is 6.85. The van der Waals surface area contributed by atoms with Crippen LogP contribution in [-0.2, 0) is 13.0 Å². The van der Waals surface area contributed by atoms with E-state index in [0.29, 0.717) is 0 Å². The van der Waals surface area contributed by atoms with Gasteiger partial charge in [-0.3, -0.25) is 9.89 Å². The molecular weight excluding hydrogens is 509 g/mol. The lowest BCUT2D eigenvalue weighted by atomic mass is 10.1. The van der Waals surface area contributed by atoms with E-state index in [-0.39, 0.29) is 24.0 Å². The largest absolute Gasteiger partial charge is 0.497 e. The number of thiophene rings is 1. The Morgan fingerprint density at radius 1 is 1.10 bits per heavy atom. The minimum atomic E-state index is 0. The zero-order valence-corrected chi connectivity index (χ0v) is 21.0. The predicted molar refractivity (Wildman–Crippen MR) is 137 cm³/mol. The van der Waals surface area contributed by atoms with Gasteiger partial charge in [0.2, 0.25) is 0 Å². The molecule has 1 saturated heterocycles. The number of nitrogens with zero attached hydrogens (tertiary/aromatic N) is 4. The first-order valence-electron chi connectivity index (χ1n) is 10.4. The van der Waals surface area contributed by atoms with Crippen molar-refractivity contribution in [3.63, 3.8) is 0 Å². The molecule has 3 heterocycles. The molecule has 2 aromatic rings. The Balaban J connectivity index is 0.00000256. The average Bonchev–Trinajstić information content (AvgIpc) is 3.25. The highest BCUT2D eigenvalue weighted by Gasteiger charge is 2.21. The monoisotopic (exact) mass is 541 g/mol. The van der Waals surface area contributed by atoms with Gasteiger partial charge in [-0.05, 0) is 47.7 Å². The summed E-state index contributed by atoms with van der Waals surface area (Å²) in [7, 11) is 3.59. The molecule has 0 atom stereocenters. The summed E-state index contributed by atoms with van der Waals surface area (Å²) in [6.07, 6.45) is 1.19. The van der Waals surface area contributed by atoms with E-state index in [4.69, 9.17) is 4.74 Å². The fraction of sp³-hybridized carbons (Fsp3) is 0.500. The first-order valence-corrected chi connectivity index (χ1v) is 11.3. The fourth-order valence-electron chi connectivity index (χ4n) is 4.13. The molecule has 0 bridgehead atoms. The summed E-state index contributed by atoms with van der Waals surface area (Å²) in [4.78, 5) is 13.4. The molecule has 0 spiro atoms. The highest BCUT2D eigenvalue weighted by atomic mass is 127. The average molecular weight is 542 g/mol. The van der Waals surface area contributed by atoms with Gasteiger partial charge < -0.3 is 19.9 Å². The predicted octanol–water partition coefficient (Wildman–Crippen LogP) is 3.13. The van der Waals surface area contributed by atoms with Gasteiger partial charge in [0.1, 0.15) is 5.75 Å². The van der Waals surface area contributed by atoms with Crippen LogP contribution in [0, 0.1) is 0 Å². The minimum Gasteiger partial charge on any atom is -0.497 e. The highest BCUT2D eigenvalue weighted by Crippen LogP contribution is 2.23. The number of fused-ring (bicyclic) bond motifs is 1. The number of anilines is 1. The second-order valence-electron chi connectivity index (χ2n) is 7.54. The summed E-state index contributed by atoms with van der Waals surface area (Å²) in [5.41, 5.74) is 2.77. The Bertz CT molecular complexity index is 817. The molecular formula is C22H32IN5OS. The Labute approximate surface area is 200 Å². The van der Waals surface area contributed by atoms with Gasteiger partial charge in [0, 0.05) is 70.0 Å². The van der Waals surface area contributed by atoms with E-state index in [1.54, 1.807) is 12.0 Å². The van der Waals surface area contributed by atoms with Gasteiger partial charge >= 0.3 is 0 Å². The summed E-state index contributed by atoms with van der Waals surface area (Å²) in [5, 5.41) is 5.80. The van der Waals surface area contributed by atoms with Gasteiger partial charge in [0.15, 0.2) is 5.96 Å². The number of halogens is 1. The molecule has 1 fully saturated rings. The molecule has 164 valence electrons. The molecule has 1 N–H and O–H groups in total. The number of rotatable bonds is 5. The van der Waals surface area contributed by atoms with Crippen molar-refractivity contribution in [1.82, 2.24) is 15.1 Å². The number of methoxy groups -OCH3 is 1. The van der Waals surface area contributed by atoms with Crippen molar-refractivity contribution in [3.05, 3.63) is 46.2 Å². The molecule has 2 aliphatic heterocycles. The molecule has 6 nitrogen and oxygen atoms in total. The van der Waals surface area contributed by atoms with Crippen LogP contribution in [0.5, 0.6) is 5.75 Å². The normalized spacial score (nSPS) is 17.3. The summed E-state index contributed by atoms with van der Waals surface area (Å²) >= 11 is 1.90. The van der Waals surface area contributed by atoms with Crippen molar-refractivity contribution in [2.45, 2.75) is 13.0 Å². The van der Waals surface area contributed by atoms with Crippen molar-refractivity contribution in [2.75, 3.05) is 64.9 Å². The maximum absolute atomic E-state index is 5.26. The highest BCUT2D eigenvalue weighted by molar-refractivity contribution is 14.0. The number of ether oxygens (including phenoxy) is 1. The van der Waals surface area contributed by atoms with Crippen LogP contribution >= 0.6 is 35.3 Å². The van der Waals surface area contributed by atoms with E-state index < -0.39 is 0 Å². The Hall–Kier alpha value is -1.52. The van der Waals surface area contributed by atoms with Crippen LogP contribution in [0.4, 0.5) is 5.69 Å². The minimum absolute atomic E-state index is 0. The summed E-state index contributed by atoms with van der Waals surface area (Å²) in [6.45, 7) is 8.19. The van der Waals surface area contributed by atoms with Crippen molar-refractivity contribution >= 4 is 47.0 Å². The number of piperazine rings is 1. The fourth-order valence-corrected chi connectivity index (χ4v) is 5.02. The van der Waals surface area contributed by atoms with E-state index >= 15 is 0 Å². The second-order valence-corrected chi connectivity index (χ2v) is 8.54. The number of benzene rings is 1. The van der Waals surface area contributed by atoms with Crippen LogP contribution in [0.25, 0.3) is 0 Å². The van der Waals surface area contributed by atoms with Gasteiger partial charge in [-0.15, -0.1) is 35.3 Å². The molecule has 30 heavy (non-hydrogen) atoms. The molecule has 1 aromatic heterocycles. The number of hydrogen-bond acceptors (Lipinski definition) is 5. The first-order chi connectivity index (χ1) is 14.3. The summed E-state index contributed by atoms with van der Waals surface area (Å²) in [5.74, 6) is 1.92. The van der Waals surface area contributed by atoms with Crippen LogP contribution in [0.15, 0.2) is 40.7 Å². The molecule has 1 aromatic carbocycles. The second kappa shape index (κ2) is 11.2. The Morgan fingerprint density at radius 3 is 2.57 bits per heavy atom. The van der Waals surface area contributed by atoms with E-state index in [9.17, 15) is 0 Å². The van der Waals surface area contributed by atoms with Gasteiger partial charge in [0.05, 0.1) is 7.11 Å². The molecule has 4 rings (SSSR count). The maximum Gasteiger partial charge on any atom is 0.193 e. The van der Waals surface area contributed by atoms with E-state index in [0.717, 1.165) is 64.1 Å². The number of aliphatic imine (C=N–C) groups is 1. The molecule has 2 aliphatic rings. The number of nitrogens with one attached hydrogen (secondary N) is 1. The van der Waals surface area contributed by atoms with Crippen LogP contribution in [0.2, 0.25) is 0 Å². The van der Waals surface area contributed by atoms with Crippen molar-refractivity contribution in [2.24, 2.45) is 4.99 Å². The Morgan fingerprint density at radius 2 is 1.87 bits per heavy atom. The third-order valence-electron chi connectivity index (χ3n) is 5.83. The molecule has 0 radical (unpaired) electrons. The smallest absolute Gasteiger partial charge is 0.193 e.